The van der Waals surface area contributed by atoms with E-state index in [4.69, 9.17) is 0 Å². The average Bonchev–Trinajstić information content (AvgIpc) is 2.51. The van der Waals surface area contributed by atoms with Gasteiger partial charge in [-0.1, -0.05) is 13.8 Å². The second-order valence-electron chi connectivity index (χ2n) is 6.46. The molecular formula is C17H22N4O3. The number of nitriles is 1. The van der Waals surface area contributed by atoms with E-state index in [1.54, 1.807) is 18.7 Å². The van der Waals surface area contributed by atoms with Gasteiger partial charge in [0.1, 0.15) is 17.9 Å². The molecule has 1 atom stereocenters. The average molecular weight is 330 g/mol. The van der Waals surface area contributed by atoms with Crippen molar-refractivity contribution in [2.45, 2.75) is 33.7 Å². The summed E-state index contributed by atoms with van der Waals surface area (Å²) in [6, 6.07) is 2.90. The number of piperazine rings is 1. The maximum absolute atomic E-state index is 12.6. The molecule has 1 aliphatic heterocycles. The second-order valence-corrected chi connectivity index (χ2v) is 6.46. The first-order chi connectivity index (χ1) is 11.3. The van der Waals surface area contributed by atoms with Crippen LogP contribution in [-0.4, -0.2) is 52.5 Å². The largest absolute Gasteiger partial charge is 0.478 e. The van der Waals surface area contributed by atoms with Gasteiger partial charge in [-0.15, -0.1) is 0 Å². The molecule has 0 spiro atoms. The summed E-state index contributed by atoms with van der Waals surface area (Å²) in [5.74, 6) is -0.350. The maximum atomic E-state index is 12.6. The number of aromatic carboxylic acids is 1. The quantitative estimate of drug-likeness (QED) is 0.901. The van der Waals surface area contributed by atoms with E-state index in [0.717, 1.165) is 0 Å². The number of amides is 1. The van der Waals surface area contributed by atoms with Crippen molar-refractivity contribution in [3.63, 3.8) is 0 Å². The fourth-order valence-electron chi connectivity index (χ4n) is 2.95. The van der Waals surface area contributed by atoms with Gasteiger partial charge in [-0.3, -0.25) is 4.79 Å². The molecule has 24 heavy (non-hydrogen) atoms. The second kappa shape index (κ2) is 6.87. The first kappa shape index (κ1) is 17.7. The zero-order valence-electron chi connectivity index (χ0n) is 14.4. The molecule has 2 rings (SSSR count). The summed E-state index contributed by atoms with van der Waals surface area (Å²) in [4.78, 5) is 31.7. The van der Waals surface area contributed by atoms with Crippen molar-refractivity contribution in [1.29, 1.82) is 5.26 Å². The third-order valence-electron chi connectivity index (χ3n) is 4.15. The first-order valence-electron chi connectivity index (χ1n) is 7.96. The minimum Gasteiger partial charge on any atom is -0.478 e. The molecular weight excluding hydrogens is 308 g/mol. The number of pyridine rings is 1. The van der Waals surface area contributed by atoms with E-state index in [2.05, 4.69) is 18.8 Å². The highest BCUT2D eigenvalue weighted by atomic mass is 16.4. The summed E-state index contributed by atoms with van der Waals surface area (Å²) in [7, 11) is 0. The molecule has 1 N–H and O–H groups in total. The van der Waals surface area contributed by atoms with Gasteiger partial charge in [0, 0.05) is 19.6 Å². The van der Waals surface area contributed by atoms with Crippen LogP contribution >= 0.6 is 0 Å². The smallest absolute Gasteiger partial charge is 0.337 e. The molecule has 0 aromatic carbocycles. The Kier molecular flexibility index (Phi) is 5.07. The van der Waals surface area contributed by atoms with Crippen LogP contribution in [0, 0.1) is 24.2 Å². The molecule has 1 aromatic heterocycles. The van der Waals surface area contributed by atoms with Crippen LogP contribution in [0.2, 0.25) is 0 Å². The molecule has 1 aromatic rings. The Morgan fingerprint density at radius 2 is 2.17 bits per heavy atom. The Balaban J connectivity index is 2.36. The lowest BCUT2D eigenvalue weighted by Crippen LogP contribution is -2.57. The summed E-state index contributed by atoms with van der Waals surface area (Å²) in [6.45, 7) is 9.34. The molecule has 0 saturated carbocycles. The van der Waals surface area contributed by atoms with Gasteiger partial charge in [-0.2, -0.15) is 5.26 Å². The number of aromatic nitrogens is 1. The van der Waals surface area contributed by atoms with Crippen molar-refractivity contribution < 1.29 is 14.7 Å². The Labute approximate surface area is 141 Å². The summed E-state index contributed by atoms with van der Waals surface area (Å²) in [6.07, 6.45) is 0. The predicted molar refractivity (Wildman–Crippen MR) is 88.9 cm³/mol. The molecule has 0 bridgehead atoms. The van der Waals surface area contributed by atoms with Crippen molar-refractivity contribution in [3.05, 3.63) is 22.9 Å². The van der Waals surface area contributed by atoms with Crippen LogP contribution in [0.1, 0.15) is 42.4 Å². The molecule has 1 saturated heterocycles. The number of hydrogen-bond acceptors (Lipinski definition) is 5. The fourth-order valence-corrected chi connectivity index (χ4v) is 2.95. The van der Waals surface area contributed by atoms with E-state index < -0.39 is 12.0 Å². The molecule has 0 radical (unpaired) electrons. The van der Waals surface area contributed by atoms with Gasteiger partial charge in [0.05, 0.1) is 16.8 Å². The third-order valence-corrected chi connectivity index (χ3v) is 4.15. The van der Waals surface area contributed by atoms with Crippen molar-refractivity contribution in [3.8, 4) is 6.07 Å². The predicted octanol–water partition coefficient (Wildman–Crippen LogP) is 1.65. The Morgan fingerprint density at radius 3 is 2.71 bits per heavy atom. The van der Waals surface area contributed by atoms with Crippen LogP contribution in [-0.2, 0) is 4.79 Å². The number of carbonyl (C=O) groups is 2. The number of carboxylic acids is 1. The summed E-state index contributed by atoms with van der Waals surface area (Å²) >= 11 is 0. The summed E-state index contributed by atoms with van der Waals surface area (Å²) in [5.41, 5.74) is 0.517. The molecule has 128 valence electrons. The van der Waals surface area contributed by atoms with E-state index in [9.17, 15) is 20.0 Å². The number of nitrogens with zero attached hydrogens (tertiary/aromatic N) is 4. The zero-order chi connectivity index (χ0) is 18.0. The van der Waals surface area contributed by atoms with Crippen molar-refractivity contribution in [2.24, 2.45) is 5.92 Å². The molecule has 7 nitrogen and oxygen atoms in total. The minimum atomic E-state index is -1.12. The van der Waals surface area contributed by atoms with Crippen LogP contribution in [0.5, 0.6) is 0 Å². The van der Waals surface area contributed by atoms with Crippen LogP contribution in [0.15, 0.2) is 6.07 Å². The van der Waals surface area contributed by atoms with Gasteiger partial charge in [0.15, 0.2) is 0 Å². The Morgan fingerprint density at radius 1 is 1.50 bits per heavy atom. The van der Waals surface area contributed by atoms with Gasteiger partial charge < -0.3 is 14.9 Å². The molecule has 1 aliphatic rings. The highest BCUT2D eigenvalue weighted by Gasteiger charge is 2.34. The fraction of sp³-hybridized carbons (Fsp3) is 0.529. The van der Waals surface area contributed by atoms with Crippen LogP contribution in [0.3, 0.4) is 0 Å². The Hall–Kier alpha value is -2.62. The lowest BCUT2D eigenvalue weighted by Gasteiger charge is -2.40. The topological polar surface area (TPSA) is 97.5 Å². The van der Waals surface area contributed by atoms with Crippen molar-refractivity contribution in [2.75, 3.05) is 24.5 Å². The molecule has 2 heterocycles. The molecule has 7 heteroatoms. The van der Waals surface area contributed by atoms with Gasteiger partial charge in [-0.25, -0.2) is 9.78 Å². The minimum absolute atomic E-state index is 0.000559. The zero-order valence-corrected chi connectivity index (χ0v) is 14.4. The lowest BCUT2D eigenvalue weighted by molar-refractivity contribution is -0.134. The number of rotatable bonds is 4. The molecule has 0 aliphatic carbocycles. The number of hydrogen-bond donors (Lipinski definition) is 1. The van der Waals surface area contributed by atoms with E-state index >= 15 is 0 Å². The highest BCUT2D eigenvalue weighted by Crippen LogP contribution is 2.25. The maximum Gasteiger partial charge on any atom is 0.337 e. The molecule has 1 unspecified atom stereocenters. The van der Waals surface area contributed by atoms with Crippen LogP contribution in [0.25, 0.3) is 0 Å². The standard InChI is InChI=1S/C17H22N4O3/c1-10(2)9-20-5-6-21(12(4)16(20)22)15-13(8-18)7-14(17(23)24)11(3)19-15/h7,10,12H,5-6,9H2,1-4H3,(H,23,24). The van der Waals surface area contributed by atoms with Crippen molar-refractivity contribution in [1.82, 2.24) is 9.88 Å². The monoisotopic (exact) mass is 330 g/mol. The van der Waals surface area contributed by atoms with E-state index in [-0.39, 0.29) is 17.0 Å². The van der Waals surface area contributed by atoms with Gasteiger partial charge in [0.25, 0.3) is 0 Å². The third kappa shape index (κ3) is 3.32. The lowest BCUT2D eigenvalue weighted by atomic mass is 10.1. The normalized spacial score (nSPS) is 18.0. The van der Waals surface area contributed by atoms with Gasteiger partial charge in [0.2, 0.25) is 5.91 Å². The highest BCUT2D eigenvalue weighted by molar-refractivity contribution is 5.90. The van der Waals surface area contributed by atoms with Gasteiger partial charge in [-0.05, 0) is 25.8 Å². The number of anilines is 1. The summed E-state index contributed by atoms with van der Waals surface area (Å²) in [5, 5.41) is 18.5. The molecule has 1 amide bonds. The van der Waals surface area contributed by atoms with E-state index in [1.165, 1.54) is 6.07 Å². The number of carboxylic acid groups (broad SMARTS) is 1. The molecule has 1 fully saturated rings. The first-order valence-corrected chi connectivity index (χ1v) is 7.96. The number of aryl methyl sites for hydroxylation is 1. The van der Waals surface area contributed by atoms with E-state index in [0.29, 0.717) is 37.1 Å². The van der Waals surface area contributed by atoms with E-state index in [1.807, 2.05) is 11.0 Å². The van der Waals surface area contributed by atoms with Crippen LogP contribution in [0.4, 0.5) is 5.82 Å². The number of carbonyl (C=O) groups excluding carboxylic acids is 1. The summed E-state index contributed by atoms with van der Waals surface area (Å²) < 4.78 is 0. The Bertz CT molecular complexity index is 709. The van der Waals surface area contributed by atoms with Gasteiger partial charge >= 0.3 is 5.97 Å². The SMILES string of the molecule is Cc1nc(N2CCN(CC(C)C)C(=O)C2C)c(C#N)cc1C(=O)O. The van der Waals surface area contributed by atoms with Crippen molar-refractivity contribution >= 4 is 17.7 Å². The van der Waals surface area contributed by atoms with Crippen LogP contribution < -0.4 is 4.90 Å².